The van der Waals surface area contributed by atoms with Gasteiger partial charge in [-0.3, -0.25) is 4.79 Å². The average Bonchev–Trinajstić information content (AvgIpc) is 2.44. The van der Waals surface area contributed by atoms with E-state index >= 15 is 0 Å². The Morgan fingerprint density at radius 2 is 2.10 bits per heavy atom. The number of rotatable bonds is 4. The number of nitrogens with two attached hydrogens (primary N) is 1. The molecule has 0 saturated heterocycles. The maximum absolute atomic E-state index is 12.1. The molecule has 0 saturated carbocycles. The minimum atomic E-state index is -0.351. The second-order valence-electron chi connectivity index (χ2n) is 4.01. The molecule has 2 aromatic rings. The third-order valence-corrected chi connectivity index (χ3v) is 3.69. The highest BCUT2D eigenvalue weighted by molar-refractivity contribution is 8.00. The van der Waals surface area contributed by atoms with Crippen LogP contribution in [0.5, 0.6) is 0 Å². The van der Waals surface area contributed by atoms with Crippen LogP contribution >= 0.6 is 23.4 Å². The molecule has 3 N–H and O–H groups in total. The van der Waals surface area contributed by atoms with Gasteiger partial charge in [-0.25, -0.2) is 9.97 Å². The highest BCUT2D eigenvalue weighted by Gasteiger charge is 2.16. The molecule has 1 amide bonds. The highest BCUT2D eigenvalue weighted by Crippen LogP contribution is 2.25. The Bertz CT molecular complexity index is 609. The summed E-state index contributed by atoms with van der Waals surface area (Å²) in [4.78, 5) is 20.2. The number of hydrogen-bond acceptors (Lipinski definition) is 5. The van der Waals surface area contributed by atoms with E-state index in [1.54, 1.807) is 43.6 Å². The van der Waals surface area contributed by atoms with Gasteiger partial charge in [0.15, 0.2) is 5.16 Å². The van der Waals surface area contributed by atoms with Crippen LogP contribution in [0.4, 0.5) is 11.4 Å². The summed E-state index contributed by atoms with van der Waals surface area (Å²) in [5.41, 5.74) is 6.76. The Hall–Kier alpha value is -1.79. The smallest absolute Gasteiger partial charge is 0.237 e. The minimum absolute atomic E-state index is 0.184. The minimum Gasteiger partial charge on any atom is -0.397 e. The molecule has 1 atom stereocenters. The summed E-state index contributed by atoms with van der Waals surface area (Å²) >= 11 is 7.15. The molecule has 1 heterocycles. The Morgan fingerprint density at radius 3 is 2.80 bits per heavy atom. The number of nitrogens with one attached hydrogen (secondary N) is 1. The van der Waals surface area contributed by atoms with E-state index in [1.165, 1.54) is 11.8 Å². The van der Waals surface area contributed by atoms with Crippen molar-refractivity contribution in [1.29, 1.82) is 0 Å². The van der Waals surface area contributed by atoms with Crippen molar-refractivity contribution in [3.63, 3.8) is 0 Å². The summed E-state index contributed by atoms with van der Waals surface area (Å²) in [5.74, 6) is -0.184. The lowest BCUT2D eigenvalue weighted by molar-refractivity contribution is -0.115. The van der Waals surface area contributed by atoms with Gasteiger partial charge < -0.3 is 11.1 Å². The molecule has 0 spiro atoms. The van der Waals surface area contributed by atoms with E-state index in [0.717, 1.165) is 0 Å². The number of anilines is 2. The van der Waals surface area contributed by atoms with Crippen molar-refractivity contribution in [3.05, 3.63) is 41.7 Å². The van der Waals surface area contributed by atoms with Crippen LogP contribution in [0, 0.1) is 0 Å². The molecule has 7 heteroatoms. The molecule has 2 rings (SSSR count). The summed E-state index contributed by atoms with van der Waals surface area (Å²) in [6, 6.07) is 6.66. The lowest BCUT2D eigenvalue weighted by Gasteiger charge is -2.12. The number of carbonyl (C=O) groups is 1. The first-order chi connectivity index (χ1) is 9.56. The summed E-state index contributed by atoms with van der Waals surface area (Å²) in [6.45, 7) is 1.77. The topological polar surface area (TPSA) is 80.9 Å². The molecule has 104 valence electrons. The van der Waals surface area contributed by atoms with Crippen LogP contribution < -0.4 is 11.1 Å². The van der Waals surface area contributed by atoms with E-state index < -0.39 is 0 Å². The van der Waals surface area contributed by atoms with Crippen molar-refractivity contribution in [1.82, 2.24) is 9.97 Å². The monoisotopic (exact) mass is 308 g/mol. The zero-order chi connectivity index (χ0) is 14.5. The summed E-state index contributed by atoms with van der Waals surface area (Å²) in [6.07, 6.45) is 3.27. The van der Waals surface area contributed by atoms with Crippen molar-refractivity contribution < 1.29 is 4.79 Å². The molecule has 5 nitrogen and oxygen atoms in total. The fourth-order valence-electron chi connectivity index (χ4n) is 1.43. The molecule has 1 unspecified atom stereocenters. The lowest BCUT2D eigenvalue weighted by atomic mass is 10.2. The molecular formula is C13H13ClN4OS. The average molecular weight is 309 g/mol. The van der Waals surface area contributed by atoms with Gasteiger partial charge in [-0.05, 0) is 31.2 Å². The van der Waals surface area contributed by atoms with Crippen molar-refractivity contribution in [2.45, 2.75) is 17.3 Å². The Labute approximate surface area is 126 Å². The Morgan fingerprint density at radius 1 is 1.40 bits per heavy atom. The summed E-state index contributed by atoms with van der Waals surface area (Å²) < 4.78 is 0. The third kappa shape index (κ3) is 3.85. The van der Waals surface area contributed by atoms with E-state index in [-0.39, 0.29) is 11.2 Å². The van der Waals surface area contributed by atoms with Gasteiger partial charge in [0, 0.05) is 17.4 Å². The van der Waals surface area contributed by atoms with Crippen LogP contribution in [0.1, 0.15) is 6.92 Å². The first kappa shape index (κ1) is 14.6. The Balaban J connectivity index is 2.02. The van der Waals surface area contributed by atoms with Crippen LogP contribution in [0.2, 0.25) is 5.02 Å². The first-order valence-electron chi connectivity index (χ1n) is 5.86. The highest BCUT2D eigenvalue weighted by atomic mass is 35.5. The first-order valence-corrected chi connectivity index (χ1v) is 7.11. The largest absolute Gasteiger partial charge is 0.397 e. The van der Waals surface area contributed by atoms with Gasteiger partial charge in [-0.1, -0.05) is 23.4 Å². The standard InChI is InChI=1S/C13H13ClN4OS/c1-8(20-13-16-5-2-6-17-13)12(19)18-11-7-9(14)3-4-10(11)15/h2-8H,15H2,1H3,(H,18,19). The summed E-state index contributed by atoms with van der Waals surface area (Å²) in [5, 5.41) is 3.46. The number of carbonyl (C=O) groups excluding carboxylic acids is 1. The van der Waals surface area contributed by atoms with E-state index in [9.17, 15) is 4.79 Å². The molecule has 0 aliphatic heterocycles. The van der Waals surface area contributed by atoms with Crippen molar-refractivity contribution in [2.24, 2.45) is 0 Å². The van der Waals surface area contributed by atoms with Gasteiger partial charge in [-0.15, -0.1) is 0 Å². The molecule has 1 aromatic heterocycles. The van der Waals surface area contributed by atoms with Crippen LogP contribution in [-0.4, -0.2) is 21.1 Å². The third-order valence-electron chi connectivity index (χ3n) is 2.47. The molecule has 0 bridgehead atoms. The maximum atomic E-state index is 12.1. The van der Waals surface area contributed by atoms with Crippen molar-refractivity contribution >= 4 is 40.6 Å². The summed E-state index contributed by atoms with van der Waals surface area (Å²) in [7, 11) is 0. The SMILES string of the molecule is CC(Sc1ncccn1)C(=O)Nc1cc(Cl)ccc1N. The molecule has 0 aliphatic carbocycles. The van der Waals surface area contributed by atoms with Gasteiger partial charge in [0.25, 0.3) is 0 Å². The van der Waals surface area contributed by atoms with Gasteiger partial charge in [0.05, 0.1) is 16.6 Å². The van der Waals surface area contributed by atoms with Gasteiger partial charge in [0.2, 0.25) is 5.91 Å². The second kappa shape index (κ2) is 6.58. The van der Waals surface area contributed by atoms with Crippen LogP contribution in [-0.2, 0) is 4.79 Å². The van der Waals surface area contributed by atoms with Crippen LogP contribution in [0.25, 0.3) is 0 Å². The zero-order valence-electron chi connectivity index (χ0n) is 10.7. The van der Waals surface area contributed by atoms with E-state index in [1.807, 2.05) is 0 Å². The number of nitrogens with zero attached hydrogens (tertiary/aromatic N) is 2. The van der Waals surface area contributed by atoms with Gasteiger partial charge in [0.1, 0.15) is 0 Å². The Kier molecular flexibility index (Phi) is 4.81. The predicted octanol–water partition coefficient (Wildman–Crippen LogP) is 2.83. The number of benzene rings is 1. The van der Waals surface area contributed by atoms with E-state index in [4.69, 9.17) is 17.3 Å². The number of aromatic nitrogens is 2. The fourth-order valence-corrected chi connectivity index (χ4v) is 2.33. The molecule has 0 radical (unpaired) electrons. The second-order valence-corrected chi connectivity index (χ2v) is 5.76. The molecule has 0 aliphatic rings. The predicted molar refractivity (Wildman–Crippen MR) is 81.8 cm³/mol. The number of hydrogen-bond donors (Lipinski definition) is 2. The van der Waals surface area contributed by atoms with Gasteiger partial charge in [-0.2, -0.15) is 0 Å². The number of amides is 1. The zero-order valence-corrected chi connectivity index (χ0v) is 12.3. The normalized spacial score (nSPS) is 11.9. The van der Waals surface area contributed by atoms with Crippen LogP contribution in [0.15, 0.2) is 41.8 Å². The molecule has 20 heavy (non-hydrogen) atoms. The molecule has 1 aromatic carbocycles. The van der Waals surface area contributed by atoms with Crippen molar-refractivity contribution in [2.75, 3.05) is 11.1 Å². The molecule has 0 fully saturated rings. The van der Waals surface area contributed by atoms with E-state index in [2.05, 4.69) is 15.3 Å². The maximum Gasteiger partial charge on any atom is 0.237 e. The van der Waals surface area contributed by atoms with Crippen molar-refractivity contribution in [3.8, 4) is 0 Å². The van der Waals surface area contributed by atoms with Gasteiger partial charge >= 0.3 is 0 Å². The number of thioether (sulfide) groups is 1. The fraction of sp³-hybridized carbons (Fsp3) is 0.154. The number of nitrogen functional groups attached to an aromatic ring is 1. The molecular weight excluding hydrogens is 296 g/mol. The quantitative estimate of drug-likeness (QED) is 0.516. The van der Waals surface area contributed by atoms with Crippen LogP contribution in [0.3, 0.4) is 0 Å². The number of halogens is 1. The lowest BCUT2D eigenvalue weighted by Crippen LogP contribution is -2.23. The van der Waals surface area contributed by atoms with E-state index in [0.29, 0.717) is 21.6 Å².